The molecule has 2 heteroatoms. The van der Waals surface area contributed by atoms with Crippen LogP contribution in [-0.4, -0.2) is 9.97 Å². The molecule has 102 valence electrons. The molecular formula is C20H12N2. The molecule has 5 rings (SSSR count). The topological polar surface area (TPSA) is 25.8 Å². The number of hydrogen-bond acceptors (Lipinski definition) is 2. The Morgan fingerprint density at radius 3 is 1.45 bits per heavy atom. The predicted octanol–water partition coefficient (Wildman–Crippen LogP) is 5.09. The molecular weight excluding hydrogens is 268 g/mol. The molecule has 0 atom stereocenters. The van der Waals surface area contributed by atoms with Crippen LogP contribution in [0.2, 0.25) is 0 Å². The Morgan fingerprint density at radius 2 is 0.955 bits per heavy atom. The largest absolute Gasteiger partial charge is 0.256 e. The molecule has 0 fully saturated rings. The highest BCUT2D eigenvalue weighted by Crippen LogP contribution is 2.34. The van der Waals surface area contributed by atoms with Gasteiger partial charge in [-0.2, -0.15) is 0 Å². The molecule has 0 amide bonds. The van der Waals surface area contributed by atoms with Crippen LogP contribution >= 0.6 is 0 Å². The van der Waals surface area contributed by atoms with Gasteiger partial charge in [0.05, 0.1) is 11.0 Å². The molecule has 5 aromatic rings. The van der Waals surface area contributed by atoms with Gasteiger partial charge in [-0.05, 0) is 22.9 Å². The van der Waals surface area contributed by atoms with Crippen molar-refractivity contribution >= 4 is 43.4 Å². The first-order chi connectivity index (χ1) is 10.9. The van der Waals surface area contributed by atoms with Crippen LogP contribution in [0.15, 0.2) is 73.1 Å². The summed E-state index contributed by atoms with van der Waals surface area (Å²) in [7, 11) is 0. The van der Waals surface area contributed by atoms with E-state index in [9.17, 15) is 0 Å². The van der Waals surface area contributed by atoms with E-state index in [0.717, 1.165) is 21.8 Å². The Labute approximate surface area is 127 Å². The van der Waals surface area contributed by atoms with E-state index in [1.807, 2.05) is 12.4 Å². The zero-order valence-electron chi connectivity index (χ0n) is 11.8. The monoisotopic (exact) mass is 280 g/mol. The third kappa shape index (κ3) is 1.49. The molecule has 0 aliphatic rings. The van der Waals surface area contributed by atoms with E-state index in [-0.39, 0.29) is 0 Å². The van der Waals surface area contributed by atoms with Crippen LogP contribution in [0.5, 0.6) is 0 Å². The third-order valence-corrected chi connectivity index (χ3v) is 4.31. The highest BCUT2D eigenvalue weighted by atomic mass is 14.7. The molecule has 0 aliphatic heterocycles. The van der Waals surface area contributed by atoms with Crippen molar-refractivity contribution in [1.82, 2.24) is 9.97 Å². The smallest absolute Gasteiger partial charge is 0.0716 e. The Kier molecular flexibility index (Phi) is 2.25. The number of pyridine rings is 2. The number of hydrogen-bond donors (Lipinski definition) is 0. The fourth-order valence-electron chi connectivity index (χ4n) is 3.29. The van der Waals surface area contributed by atoms with Crippen LogP contribution < -0.4 is 0 Å². The lowest BCUT2D eigenvalue weighted by molar-refractivity contribution is 1.43. The fourth-order valence-corrected chi connectivity index (χ4v) is 3.29. The summed E-state index contributed by atoms with van der Waals surface area (Å²) in [4.78, 5) is 9.28. The molecule has 2 aromatic heterocycles. The molecule has 22 heavy (non-hydrogen) atoms. The predicted molar refractivity (Wildman–Crippen MR) is 92.1 cm³/mol. The number of nitrogens with zero attached hydrogens (tertiary/aromatic N) is 2. The highest BCUT2D eigenvalue weighted by Gasteiger charge is 2.09. The van der Waals surface area contributed by atoms with Gasteiger partial charge in [-0.15, -0.1) is 0 Å². The van der Waals surface area contributed by atoms with Crippen LogP contribution in [0.4, 0.5) is 0 Å². The first-order valence-electron chi connectivity index (χ1n) is 7.36. The van der Waals surface area contributed by atoms with Crippen molar-refractivity contribution in [2.45, 2.75) is 0 Å². The van der Waals surface area contributed by atoms with Gasteiger partial charge >= 0.3 is 0 Å². The quantitative estimate of drug-likeness (QED) is 0.369. The second-order valence-electron chi connectivity index (χ2n) is 5.54. The van der Waals surface area contributed by atoms with Crippen LogP contribution in [0.25, 0.3) is 43.4 Å². The van der Waals surface area contributed by atoms with Crippen molar-refractivity contribution in [1.29, 1.82) is 0 Å². The van der Waals surface area contributed by atoms with Crippen LogP contribution in [0.1, 0.15) is 0 Å². The second kappa shape index (κ2) is 4.25. The Balaban J connectivity index is 2.19. The second-order valence-corrected chi connectivity index (χ2v) is 5.54. The summed E-state index contributed by atoms with van der Waals surface area (Å²) in [5.41, 5.74) is 2.04. The number of rotatable bonds is 0. The molecule has 0 spiro atoms. The Bertz CT molecular complexity index is 1070. The number of fused-ring (bicyclic) bond motifs is 7. The number of benzene rings is 3. The average Bonchev–Trinajstić information content (AvgIpc) is 2.60. The van der Waals surface area contributed by atoms with Crippen molar-refractivity contribution in [2.75, 3.05) is 0 Å². The van der Waals surface area contributed by atoms with E-state index >= 15 is 0 Å². The van der Waals surface area contributed by atoms with E-state index in [1.54, 1.807) is 0 Å². The van der Waals surface area contributed by atoms with Gasteiger partial charge < -0.3 is 0 Å². The van der Waals surface area contributed by atoms with Gasteiger partial charge in [0.15, 0.2) is 0 Å². The van der Waals surface area contributed by atoms with Gasteiger partial charge in [-0.3, -0.25) is 9.97 Å². The van der Waals surface area contributed by atoms with Crippen LogP contribution in [0, 0.1) is 0 Å². The Morgan fingerprint density at radius 1 is 0.500 bits per heavy atom. The zero-order chi connectivity index (χ0) is 14.5. The lowest BCUT2D eigenvalue weighted by atomic mass is 9.98. The zero-order valence-corrected chi connectivity index (χ0v) is 11.8. The lowest BCUT2D eigenvalue weighted by Crippen LogP contribution is -1.87. The summed E-state index contributed by atoms with van der Waals surface area (Å²) < 4.78 is 0. The maximum Gasteiger partial charge on any atom is 0.0716 e. The van der Waals surface area contributed by atoms with Gasteiger partial charge in [-0.1, -0.05) is 48.5 Å². The van der Waals surface area contributed by atoms with Gasteiger partial charge in [0.25, 0.3) is 0 Å². The van der Waals surface area contributed by atoms with Crippen molar-refractivity contribution in [3.05, 3.63) is 73.1 Å². The minimum absolute atomic E-state index is 1.02. The van der Waals surface area contributed by atoms with E-state index in [2.05, 4.69) is 70.6 Å². The molecule has 0 radical (unpaired) electrons. The highest BCUT2D eigenvalue weighted by molar-refractivity contribution is 6.25. The van der Waals surface area contributed by atoms with Crippen LogP contribution in [0.3, 0.4) is 0 Å². The molecule has 0 saturated heterocycles. The molecule has 2 nitrogen and oxygen atoms in total. The van der Waals surface area contributed by atoms with E-state index in [1.165, 1.54) is 21.5 Å². The minimum Gasteiger partial charge on any atom is -0.256 e. The van der Waals surface area contributed by atoms with Crippen molar-refractivity contribution < 1.29 is 0 Å². The molecule has 3 aromatic carbocycles. The van der Waals surface area contributed by atoms with E-state index in [0.29, 0.717) is 0 Å². The molecule has 0 aliphatic carbocycles. The van der Waals surface area contributed by atoms with Crippen LogP contribution in [-0.2, 0) is 0 Å². The van der Waals surface area contributed by atoms with Gasteiger partial charge in [0.1, 0.15) is 0 Å². The normalized spacial score (nSPS) is 11.6. The van der Waals surface area contributed by atoms with Gasteiger partial charge in [-0.25, -0.2) is 0 Å². The molecule has 2 heterocycles. The summed E-state index contributed by atoms with van der Waals surface area (Å²) in [5.74, 6) is 0. The summed E-state index contributed by atoms with van der Waals surface area (Å²) >= 11 is 0. The van der Waals surface area contributed by atoms with Crippen molar-refractivity contribution in [3.63, 3.8) is 0 Å². The van der Waals surface area contributed by atoms with E-state index < -0.39 is 0 Å². The van der Waals surface area contributed by atoms with Gasteiger partial charge in [0, 0.05) is 33.9 Å². The lowest BCUT2D eigenvalue weighted by Gasteiger charge is -2.09. The SMILES string of the molecule is c1ccc2c(c1)cnc1ccc3ncc4ccccc4c3c12. The van der Waals surface area contributed by atoms with Crippen molar-refractivity contribution in [2.24, 2.45) is 0 Å². The fraction of sp³-hybridized carbons (Fsp3) is 0. The summed E-state index contributed by atoms with van der Waals surface area (Å²) in [5, 5.41) is 7.18. The number of aromatic nitrogens is 2. The molecule has 0 bridgehead atoms. The average molecular weight is 280 g/mol. The summed E-state index contributed by atoms with van der Waals surface area (Å²) in [6, 6.07) is 20.9. The Hall–Kier alpha value is -3.00. The van der Waals surface area contributed by atoms with Crippen molar-refractivity contribution in [3.8, 4) is 0 Å². The standard InChI is InChI=1S/C20H12N2/c1-3-7-15-13(5-1)11-21-17-9-10-18-20(19(15)17)16-8-4-2-6-14(16)12-22-18/h1-12H. The first-order valence-corrected chi connectivity index (χ1v) is 7.36. The van der Waals surface area contributed by atoms with E-state index in [4.69, 9.17) is 0 Å². The maximum absolute atomic E-state index is 4.64. The maximum atomic E-state index is 4.64. The van der Waals surface area contributed by atoms with Gasteiger partial charge in [0.2, 0.25) is 0 Å². The molecule has 0 N–H and O–H groups in total. The summed E-state index contributed by atoms with van der Waals surface area (Å²) in [6.07, 6.45) is 3.89. The first kappa shape index (κ1) is 11.6. The minimum atomic E-state index is 1.02. The summed E-state index contributed by atoms with van der Waals surface area (Å²) in [6.45, 7) is 0. The molecule has 0 unspecified atom stereocenters. The third-order valence-electron chi connectivity index (χ3n) is 4.31. The molecule has 0 saturated carbocycles.